The summed E-state index contributed by atoms with van der Waals surface area (Å²) < 4.78 is 49.6. The number of carbonyl (C=O) groups is 1. The number of furan rings is 1. The minimum atomic E-state index is -4.55. The SMILES string of the molecule is CNC(=O)Cc1noc(-c2cc3c(C(F)(F)F)cc(C)nc3o2)n1. The fraction of sp³-hybridized carbons (Fsp3) is 0.286. The predicted molar refractivity (Wildman–Crippen MR) is 74.8 cm³/mol. The zero-order valence-electron chi connectivity index (χ0n) is 12.6. The highest BCUT2D eigenvalue weighted by molar-refractivity contribution is 5.83. The van der Waals surface area contributed by atoms with Crippen molar-refractivity contribution in [1.82, 2.24) is 20.4 Å². The molecule has 0 unspecified atom stereocenters. The number of aryl methyl sites for hydroxylation is 1. The number of pyridine rings is 1. The number of aromatic nitrogens is 3. The van der Waals surface area contributed by atoms with E-state index in [-0.39, 0.29) is 46.6 Å². The number of hydrogen-bond acceptors (Lipinski definition) is 6. The first-order valence-electron chi connectivity index (χ1n) is 6.80. The number of rotatable bonds is 3. The van der Waals surface area contributed by atoms with E-state index in [1.165, 1.54) is 14.0 Å². The van der Waals surface area contributed by atoms with Gasteiger partial charge < -0.3 is 14.3 Å². The highest BCUT2D eigenvalue weighted by Crippen LogP contribution is 2.37. The first-order chi connectivity index (χ1) is 11.3. The number of nitrogens with zero attached hydrogens (tertiary/aromatic N) is 3. The second-order valence-corrected chi connectivity index (χ2v) is 5.00. The number of likely N-dealkylation sites (N-methyl/N-ethyl adjacent to an activating group) is 1. The fourth-order valence-corrected chi connectivity index (χ4v) is 2.13. The number of halogens is 3. The number of carbonyl (C=O) groups excluding carboxylic acids is 1. The van der Waals surface area contributed by atoms with Gasteiger partial charge in [-0.3, -0.25) is 4.79 Å². The Morgan fingerprint density at radius 3 is 2.71 bits per heavy atom. The van der Waals surface area contributed by atoms with Gasteiger partial charge in [-0.2, -0.15) is 18.2 Å². The number of amides is 1. The summed E-state index contributed by atoms with van der Waals surface area (Å²) in [6.07, 6.45) is -4.67. The van der Waals surface area contributed by atoms with E-state index in [1.807, 2.05) is 0 Å². The van der Waals surface area contributed by atoms with Crippen molar-refractivity contribution in [3.8, 4) is 11.7 Å². The lowest BCUT2D eigenvalue weighted by molar-refractivity contribution is -0.136. The van der Waals surface area contributed by atoms with Gasteiger partial charge in [-0.1, -0.05) is 5.16 Å². The van der Waals surface area contributed by atoms with Crippen LogP contribution in [0, 0.1) is 6.92 Å². The molecule has 1 N–H and O–H groups in total. The monoisotopic (exact) mass is 340 g/mol. The van der Waals surface area contributed by atoms with E-state index < -0.39 is 11.7 Å². The van der Waals surface area contributed by atoms with Crippen molar-refractivity contribution in [1.29, 1.82) is 0 Å². The molecule has 0 bridgehead atoms. The van der Waals surface area contributed by atoms with Gasteiger partial charge in [0.15, 0.2) is 11.6 Å². The Bertz CT molecular complexity index is 914. The van der Waals surface area contributed by atoms with Gasteiger partial charge in [0.25, 0.3) is 5.89 Å². The van der Waals surface area contributed by atoms with Gasteiger partial charge in [0.2, 0.25) is 11.6 Å². The molecular formula is C14H11F3N4O3. The Balaban J connectivity index is 2.04. The highest BCUT2D eigenvalue weighted by Gasteiger charge is 2.34. The standard InChI is InChI=1S/C14H11F3N4O3/c1-6-3-8(14(15,16)17)7-4-9(23-12(7)19-6)13-20-10(21-24-13)5-11(22)18-2/h3-4H,5H2,1-2H3,(H,18,22). The number of alkyl halides is 3. The summed E-state index contributed by atoms with van der Waals surface area (Å²) in [4.78, 5) is 19.1. The van der Waals surface area contributed by atoms with E-state index in [0.717, 1.165) is 12.1 Å². The lowest BCUT2D eigenvalue weighted by Crippen LogP contribution is -2.20. The second kappa shape index (κ2) is 5.62. The molecule has 3 rings (SSSR count). The van der Waals surface area contributed by atoms with E-state index >= 15 is 0 Å². The minimum absolute atomic E-state index is 0.0516. The molecule has 0 radical (unpaired) electrons. The molecule has 0 aliphatic rings. The number of nitrogens with one attached hydrogen (secondary N) is 1. The third kappa shape index (κ3) is 2.94. The zero-order chi connectivity index (χ0) is 17.5. The van der Waals surface area contributed by atoms with Crippen LogP contribution in [-0.4, -0.2) is 28.1 Å². The van der Waals surface area contributed by atoms with Gasteiger partial charge in [-0.05, 0) is 19.1 Å². The molecule has 1 amide bonds. The van der Waals surface area contributed by atoms with Crippen molar-refractivity contribution in [3.63, 3.8) is 0 Å². The molecule has 0 aliphatic carbocycles. The van der Waals surface area contributed by atoms with Gasteiger partial charge in [-0.25, -0.2) is 4.98 Å². The summed E-state index contributed by atoms with van der Waals surface area (Å²) >= 11 is 0. The Kier molecular flexibility index (Phi) is 3.74. The quantitative estimate of drug-likeness (QED) is 0.787. The van der Waals surface area contributed by atoms with Gasteiger partial charge in [-0.15, -0.1) is 0 Å². The Morgan fingerprint density at radius 1 is 1.29 bits per heavy atom. The van der Waals surface area contributed by atoms with Gasteiger partial charge in [0.05, 0.1) is 17.4 Å². The average Bonchev–Trinajstić information content (AvgIpc) is 3.11. The first-order valence-corrected chi connectivity index (χ1v) is 6.80. The molecule has 126 valence electrons. The van der Waals surface area contributed by atoms with Crippen molar-refractivity contribution in [2.24, 2.45) is 0 Å². The Morgan fingerprint density at radius 2 is 2.04 bits per heavy atom. The number of fused-ring (bicyclic) bond motifs is 1. The van der Waals surface area contributed by atoms with E-state index in [4.69, 9.17) is 8.94 Å². The van der Waals surface area contributed by atoms with Crippen LogP contribution in [0.25, 0.3) is 22.8 Å². The Labute approximate surface area is 132 Å². The molecule has 3 aromatic rings. The zero-order valence-corrected chi connectivity index (χ0v) is 12.6. The highest BCUT2D eigenvalue weighted by atomic mass is 19.4. The maximum absolute atomic E-state index is 13.1. The van der Waals surface area contributed by atoms with Crippen molar-refractivity contribution in [2.75, 3.05) is 7.05 Å². The molecule has 0 saturated heterocycles. The normalized spacial score (nSPS) is 11.9. The molecule has 0 saturated carbocycles. The van der Waals surface area contributed by atoms with Crippen molar-refractivity contribution >= 4 is 17.0 Å². The van der Waals surface area contributed by atoms with Crippen molar-refractivity contribution in [2.45, 2.75) is 19.5 Å². The fourth-order valence-electron chi connectivity index (χ4n) is 2.13. The largest absolute Gasteiger partial charge is 0.433 e. The molecule has 0 aliphatic heterocycles. The second-order valence-electron chi connectivity index (χ2n) is 5.00. The lowest BCUT2D eigenvalue weighted by Gasteiger charge is -2.07. The third-order valence-corrected chi connectivity index (χ3v) is 3.22. The molecule has 0 atom stereocenters. The maximum atomic E-state index is 13.1. The van der Waals surface area contributed by atoms with Crippen LogP contribution < -0.4 is 5.32 Å². The molecule has 0 spiro atoms. The molecule has 7 nitrogen and oxygen atoms in total. The predicted octanol–water partition coefficient (Wildman–Crippen LogP) is 2.49. The van der Waals surface area contributed by atoms with E-state index in [2.05, 4.69) is 20.4 Å². The van der Waals surface area contributed by atoms with Crippen LogP contribution in [0.5, 0.6) is 0 Å². The van der Waals surface area contributed by atoms with Gasteiger partial charge in [0.1, 0.15) is 0 Å². The molecule has 24 heavy (non-hydrogen) atoms. The Hall–Kier alpha value is -2.91. The summed E-state index contributed by atoms with van der Waals surface area (Å²) in [5.41, 5.74) is -0.866. The van der Waals surface area contributed by atoms with Crippen LogP contribution in [0.1, 0.15) is 17.1 Å². The molecule has 0 aromatic carbocycles. The van der Waals surface area contributed by atoms with E-state index in [1.54, 1.807) is 0 Å². The van der Waals surface area contributed by atoms with Crippen molar-refractivity contribution in [3.05, 3.63) is 29.2 Å². The van der Waals surface area contributed by atoms with E-state index in [0.29, 0.717) is 0 Å². The van der Waals surface area contributed by atoms with Crippen LogP contribution >= 0.6 is 0 Å². The molecule has 0 fully saturated rings. The number of hydrogen-bond donors (Lipinski definition) is 1. The summed E-state index contributed by atoms with van der Waals surface area (Å²) in [7, 11) is 1.45. The van der Waals surface area contributed by atoms with Crippen LogP contribution in [0.2, 0.25) is 0 Å². The molecule has 10 heteroatoms. The molecular weight excluding hydrogens is 329 g/mol. The smallest absolute Gasteiger partial charge is 0.417 e. The minimum Gasteiger partial charge on any atom is -0.433 e. The molecule has 3 heterocycles. The summed E-state index contributed by atoms with van der Waals surface area (Å²) in [5.74, 6) is -0.421. The van der Waals surface area contributed by atoms with Crippen LogP contribution in [-0.2, 0) is 17.4 Å². The third-order valence-electron chi connectivity index (χ3n) is 3.22. The lowest BCUT2D eigenvalue weighted by atomic mass is 10.1. The van der Waals surface area contributed by atoms with Crippen LogP contribution in [0.4, 0.5) is 13.2 Å². The topological polar surface area (TPSA) is 94.1 Å². The van der Waals surface area contributed by atoms with Crippen LogP contribution in [0.3, 0.4) is 0 Å². The first kappa shape index (κ1) is 16.0. The van der Waals surface area contributed by atoms with Gasteiger partial charge >= 0.3 is 6.18 Å². The molecule has 3 aromatic heterocycles. The van der Waals surface area contributed by atoms with Crippen molar-refractivity contribution < 1.29 is 26.9 Å². The maximum Gasteiger partial charge on any atom is 0.417 e. The van der Waals surface area contributed by atoms with Gasteiger partial charge in [0, 0.05) is 12.7 Å². The van der Waals surface area contributed by atoms with Crippen LogP contribution in [0.15, 0.2) is 21.1 Å². The summed E-state index contributed by atoms with van der Waals surface area (Å²) in [6.45, 7) is 1.44. The summed E-state index contributed by atoms with van der Waals surface area (Å²) in [6, 6.07) is 2.08. The summed E-state index contributed by atoms with van der Waals surface area (Å²) in [5, 5.41) is 5.79. The van der Waals surface area contributed by atoms with E-state index in [9.17, 15) is 18.0 Å². The average molecular weight is 340 g/mol.